The maximum Gasteiger partial charge on any atom is 0.160 e. The number of methoxy groups -OCH3 is 2. The molecule has 0 aliphatic rings. The van der Waals surface area contributed by atoms with Crippen LogP contribution in [0.5, 0.6) is 23.0 Å². The summed E-state index contributed by atoms with van der Waals surface area (Å²) < 4.78 is 10.3. The number of phenolic OH excluding ortho intramolecular Hbond substituents is 2. The molecule has 0 aliphatic carbocycles. The highest BCUT2D eigenvalue weighted by Crippen LogP contribution is 2.39. The molecule has 22 heavy (non-hydrogen) atoms. The van der Waals surface area contributed by atoms with Gasteiger partial charge in [0.15, 0.2) is 23.0 Å². The number of ether oxygens (including phenoxy) is 2. The third-order valence-corrected chi connectivity index (χ3v) is 4.07. The minimum atomic E-state index is 0.0219. The van der Waals surface area contributed by atoms with Crippen LogP contribution in [0.1, 0.15) is 35.1 Å². The molecule has 0 fully saturated rings. The van der Waals surface area contributed by atoms with Gasteiger partial charge >= 0.3 is 0 Å². The quantitative estimate of drug-likeness (QED) is 0.899. The molecule has 0 atom stereocenters. The van der Waals surface area contributed by atoms with Gasteiger partial charge in [-0.2, -0.15) is 0 Å². The van der Waals surface area contributed by atoms with Crippen molar-refractivity contribution in [1.29, 1.82) is 0 Å². The molecular formula is C18H22O4. The van der Waals surface area contributed by atoms with E-state index in [4.69, 9.17) is 9.47 Å². The van der Waals surface area contributed by atoms with E-state index in [1.165, 1.54) is 14.2 Å². The molecule has 4 heteroatoms. The van der Waals surface area contributed by atoms with Crippen molar-refractivity contribution < 1.29 is 19.7 Å². The second kappa shape index (κ2) is 6.18. The van der Waals surface area contributed by atoms with E-state index in [9.17, 15) is 10.2 Å². The summed E-state index contributed by atoms with van der Waals surface area (Å²) in [6.07, 6.45) is 0. The van der Waals surface area contributed by atoms with Gasteiger partial charge in [0.05, 0.1) is 14.2 Å². The second-order valence-corrected chi connectivity index (χ2v) is 5.48. The van der Waals surface area contributed by atoms with E-state index in [0.717, 1.165) is 22.3 Å². The molecule has 0 bridgehead atoms. The summed E-state index contributed by atoms with van der Waals surface area (Å²) in [7, 11) is 3.06. The molecule has 118 valence electrons. The van der Waals surface area contributed by atoms with Crippen molar-refractivity contribution in [3.63, 3.8) is 0 Å². The highest BCUT2D eigenvalue weighted by atomic mass is 16.5. The van der Waals surface area contributed by atoms with Crippen molar-refractivity contribution >= 4 is 0 Å². The molecular weight excluding hydrogens is 280 g/mol. The SMILES string of the molecule is COc1cc(C)c(C(C)c2cc(O)c(OC)cc2C)cc1O. The van der Waals surface area contributed by atoms with Crippen LogP contribution in [0.25, 0.3) is 0 Å². The largest absolute Gasteiger partial charge is 0.504 e. The van der Waals surface area contributed by atoms with Crippen molar-refractivity contribution in [2.45, 2.75) is 26.7 Å². The zero-order chi connectivity index (χ0) is 16.4. The van der Waals surface area contributed by atoms with E-state index in [1.54, 1.807) is 12.1 Å². The second-order valence-electron chi connectivity index (χ2n) is 5.48. The number of benzene rings is 2. The fourth-order valence-corrected chi connectivity index (χ4v) is 2.80. The Labute approximate surface area is 130 Å². The molecule has 0 aromatic heterocycles. The van der Waals surface area contributed by atoms with Crippen molar-refractivity contribution in [2.24, 2.45) is 0 Å². The molecule has 0 radical (unpaired) electrons. The van der Waals surface area contributed by atoms with Crippen molar-refractivity contribution in [3.8, 4) is 23.0 Å². The predicted octanol–water partition coefficient (Wildman–Crippen LogP) is 3.88. The molecule has 2 aromatic carbocycles. The van der Waals surface area contributed by atoms with Crippen LogP contribution in [0.2, 0.25) is 0 Å². The molecule has 2 aromatic rings. The summed E-state index contributed by atoms with van der Waals surface area (Å²) in [6, 6.07) is 7.08. The standard InChI is InChI=1S/C18H22O4/c1-10-6-17(21-4)15(19)8-13(10)12(3)14-9-16(20)18(22-5)7-11(14)2/h6-9,12,19-20H,1-5H3. The lowest BCUT2D eigenvalue weighted by Gasteiger charge is -2.20. The van der Waals surface area contributed by atoms with Crippen LogP contribution < -0.4 is 9.47 Å². The smallest absolute Gasteiger partial charge is 0.160 e. The van der Waals surface area contributed by atoms with E-state index >= 15 is 0 Å². The van der Waals surface area contributed by atoms with Gasteiger partial charge in [0.2, 0.25) is 0 Å². The number of aryl methyl sites for hydroxylation is 2. The Morgan fingerprint density at radius 1 is 0.773 bits per heavy atom. The summed E-state index contributed by atoms with van der Waals surface area (Å²) in [5, 5.41) is 20.0. The third kappa shape index (κ3) is 2.82. The van der Waals surface area contributed by atoms with Gasteiger partial charge in [0.1, 0.15) is 0 Å². The van der Waals surface area contributed by atoms with Crippen LogP contribution in [-0.4, -0.2) is 24.4 Å². The summed E-state index contributed by atoms with van der Waals surface area (Å²) in [5.74, 6) is 1.18. The molecule has 0 amide bonds. The Morgan fingerprint density at radius 2 is 1.14 bits per heavy atom. The van der Waals surface area contributed by atoms with Crippen molar-refractivity contribution in [3.05, 3.63) is 46.5 Å². The van der Waals surface area contributed by atoms with Crippen LogP contribution in [0.3, 0.4) is 0 Å². The summed E-state index contributed by atoms with van der Waals surface area (Å²) in [5.41, 5.74) is 4.03. The van der Waals surface area contributed by atoms with E-state index in [-0.39, 0.29) is 17.4 Å². The highest BCUT2D eigenvalue weighted by molar-refractivity contribution is 5.53. The van der Waals surface area contributed by atoms with Crippen molar-refractivity contribution in [1.82, 2.24) is 0 Å². The van der Waals surface area contributed by atoms with Gasteiger partial charge in [0.25, 0.3) is 0 Å². The van der Waals surface area contributed by atoms with Crippen LogP contribution in [0, 0.1) is 13.8 Å². The lowest BCUT2D eigenvalue weighted by molar-refractivity contribution is 0.372. The Bertz CT molecular complexity index is 632. The summed E-state index contributed by atoms with van der Waals surface area (Å²) in [4.78, 5) is 0. The Kier molecular flexibility index (Phi) is 4.50. The lowest BCUT2D eigenvalue weighted by atomic mass is 9.87. The molecule has 4 nitrogen and oxygen atoms in total. The summed E-state index contributed by atoms with van der Waals surface area (Å²) >= 11 is 0. The van der Waals surface area contributed by atoms with Crippen molar-refractivity contribution in [2.75, 3.05) is 14.2 Å². The molecule has 2 rings (SSSR count). The van der Waals surface area contributed by atoms with Gasteiger partial charge in [0, 0.05) is 5.92 Å². The van der Waals surface area contributed by atoms with Crippen LogP contribution in [0.4, 0.5) is 0 Å². The molecule has 0 spiro atoms. The highest BCUT2D eigenvalue weighted by Gasteiger charge is 2.18. The third-order valence-electron chi connectivity index (χ3n) is 4.07. The minimum Gasteiger partial charge on any atom is -0.504 e. The van der Waals surface area contributed by atoms with Gasteiger partial charge in [-0.25, -0.2) is 0 Å². The van der Waals surface area contributed by atoms with Gasteiger partial charge in [-0.1, -0.05) is 6.92 Å². The van der Waals surface area contributed by atoms with E-state index in [0.29, 0.717) is 11.5 Å². The molecule has 0 saturated heterocycles. The average Bonchev–Trinajstić information content (AvgIpc) is 2.50. The number of aromatic hydroxyl groups is 2. The van der Waals surface area contributed by atoms with Gasteiger partial charge < -0.3 is 19.7 Å². The predicted molar refractivity (Wildman–Crippen MR) is 86.3 cm³/mol. The first-order chi connectivity index (χ1) is 10.4. The first kappa shape index (κ1) is 16.0. The average molecular weight is 302 g/mol. The monoisotopic (exact) mass is 302 g/mol. The number of phenols is 2. The minimum absolute atomic E-state index is 0.0219. The Balaban J connectivity index is 2.51. The normalized spacial score (nSPS) is 10.8. The maximum atomic E-state index is 10.0. The van der Waals surface area contributed by atoms with E-state index < -0.39 is 0 Å². The molecule has 0 saturated carbocycles. The zero-order valence-electron chi connectivity index (χ0n) is 13.6. The topological polar surface area (TPSA) is 58.9 Å². The molecule has 0 aliphatic heterocycles. The van der Waals surface area contributed by atoms with E-state index in [2.05, 4.69) is 0 Å². The summed E-state index contributed by atoms with van der Waals surface area (Å²) in [6.45, 7) is 6.00. The first-order valence-corrected chi connectivity index (χ1v) is 7.14. The Morgan fingerprint density at radius 3 is 1.45 bits per heavy atom. The van der Waals surface area contributed by atoms with Gasteiger partial charge in [-0.15, -0.1) is 0 Å². The lowest BCUT2D eigenvalue weighted by Crippen LogP contribution is -2.02. The number of rotatable bonds is 4. The fraction of sp³-hybridized carbons (Fsp3) is 0.333. The fourth-order valence-electron chi connectivity index (χ4n) is 2.80. The Hall–Kier alpha value is -2.36. The number of hydrogen-bond acceptors (Lipinski definition) is 4. The van der Waals surface area contributed by atoms with Gasteiger partial charge in [-0.3, -0.25) is 0 Å². The van der Waals surface area contributed by atoms with E-state index in [1.807, 2.05) is 32.9 Å². The van der Waals surface area contributed by atoms with Crippen LogP contribution >= 0.6 is 0 Å². The molecule has 0 heterocycles. The maximum absolute atomic E-state index is 10.0. The first-order valence-electron chi connectivity index (χ1n) is 7.14. The van der Waals surface area contributed by atoms with Gasteiger partial charge in [-0.05, 0) is 60.4 Å². The van der Waals surface area contributed by atoms with Crippen LogP contribution in [0.15, 0.2) is 24.3 Å². The number of hydrogen-bond donors (Lipinski definition) is 2. The molecule has 2 N–H and O–H groups in total. The zero-order valence-corrected chi connectivity index (χ0v) is 13.6. The molecule has 0 unspecified atom stereocenters. The van der Waals surface area contributed by atoms with Crippen LogP contribution in [-0.2, 0) is 0 Å².